The van der Waals surface area contributed by atoms with Crippen molar-refractivity contribution in [2.75, 3.05) is 19.8 Å². The predicted molar refractivity (Wildman–Crippen MR) is 78.8 cm³/mol. The van der Waals surface area contributed by atoms with Crippen molar-refractivity contribution in [3.8, 4) is 0 Å². The summed E-state index contributed by atoms with van der Waals surface area (Å²) in [5, 5.41) is 3.67. The van der Waals surface area contributed by atoms with Crippen molar-refractivity contribution in [2.45, 2.75) is 32.7 Å². The van der Waals surface area contributed by atoms with Gasteiger partial charge < -0.3 is 10.1 Å². The normalized spacial score (nSPS) is 21.2. The van der Waals surface area contributed by atoms with Gasteiger partial charge in [-0.05, 0) is 43.5 Å². The molecule has 0 saturated carbocycles. The Morgan fingerprint density at radius 2 is 2.33 bits per heavy atom. The topological polar surface area (TPSA) is 21.3 Å². The van der Waals surface area contributed by atoms with Crippen molar-refractivity contribution in [3.63, 3.8) is 0 Å². The molecular formula is C15H22BrNO. The van der Waals surface area contributed by atoms with E-state index in [0.29, 0.717) is 12.0 Å². The number of aryl methyl sites for hydroxylation is 1. The Hall–Kier alpha value is -0.380. The Morgan fingerprint density at radius 1 is 1.50 bits per heavy atom. The number of halogens is 1. The van der Waals surface area contributed by atoms with E-state index in [0.717, 1.165) is 32.6 Å². The second-order valence-corrected chi connectivity index (χ2v) is 5.92. The first kappa shape index (κ1) is 14.0. The lowest BCUT2D eigenvalue weighted by Crippen LogP contribution is -2.29. The third-order valence-corrected chi connectivity index (χ3v) is 4.46. The highest BCUT2D eigenvalue weighted by atomic mass is 79.9. The zero-order valence-corrected chi connectivity index (χ0v) is 12.8. The van der Waals surface area contributed by atoms with Crippen LogP contribution in [0.15, 0.2) is 22.7 Å². The van der Waals surface area contributed by atoms with Gasteiger partial charge in [0.25, 0.3) is 0 Å². The predicted octanol–water partition coefficient (Wildman–Crippen LogP) is 3.83. The van der Waals surface area contributed by atoms with Gasteiger partial charge in [-0.3, -0.25) is 0 Å². The van der Waals surface area contributed by atoms with Crippen LogP contribution in [0, 0.1) is 12.8 Å². The fourth-order valence-corrected chi connectivity index (χ4v) is 2.87. The van der Waals surface area contributed by atoms with Crippen LogP contribution >= 0.6 is 15.9 Å². The molecule has 2 rings (SSSR count). The van der Waals surface area contributed by atoms with E-state index in [1.54, 1.807) is 0 Å². The summed E-state index contributed by atoms with van der Waals surface area (Å²) in [4.78, 5) is 0. The van der Waals surface area contributed by atoms with Crippen molar-refractivity contribution in [3.05, 3.63) is 33.8 Å². The highest BCUT2D eigenvalue weighted by Gasteiger charge is 2.26. The van der Waals surface area contributed by atoms with Crippen molar-refractivity contribution < 1.29 is 4.74 Å². The number of ether oxygens (including phenoxy) is 1. The third-order valence-electron chi connectivity index (χ3n) is 3.61. The Balaban J connectivity index is 2.17. The van der Waals surface area contributed by atoms with Crippen LogP contribution in [0.1, 0.15) is 36.9 Å². The van der Waals surface area contributed by atoms with Gasteiger partial charge in [0.1, 0.15) is 0 Å². The molecular weight excluding hydrogens is 290 g/mol. The lowest BCUT2D eigenvalue weighted by molar-refractivity contribution is 0.176. The minimum atomic E-state index is 0.421. The molecule has 1 saturated heterocycles. The van der Waals surface area contributed by atoms with E-state index < -0.39 is 0 Å². The molecule has 0 spiro atoms. The molecule has 2 unspecified atom stereocenters. The number of rotatable bonds is 5. The smallest absolute Gasteiger partial charge is 0.0513 e. The molecule has 1 aromatic carbocycles. The second-order valence-electron chi connectivity index (χ2n) is 5.06. The molecule has 1 N–H and O–H groups in total. The molecule has 0 amide bonds. The van der Waals surface area contributed by atoms with Gasteiger partial charge in [0, 0.05) is 23.0 Å². The molecule has 18 heavy (non-hydrogen) atoms. The largest absolute Gasteiger partial charge is 0.381 e. The van der Waals surface area contributed by atoms with Crippen molar-refractivity contribution in [1.82, 2.24) is 5.32 Å². The van der Waals surface area contributed by atoms with Gasteiger partial charge in [-0.1, -0.05) is 35.0 Å². The average Bonchev–Trinajstić information content (AvgIpc) is 2.88. The summed E-state index contributed by atoms with van der Waals surface area (Å²) in [7, 11) is 0. The van der Waals surface area contributed by atoms with Gasteiger partial charge >= 0.3 is 0 Å². The van der Waals surface area contributed by atoms with Gasteiger partial charge in [0.05, 0.1) is 6.61 Å². The monoisotopic (exact) mass is 311 g/mol. The molecule has 1 aliphatic rings. The first-order chi connectivity index (χ1) is 8.72. The zero-order valence-electron chi connectivity index (χ0n) is 11.2. The van der Waals surface area contributed by atoms with Crippen molar-refractivity contribution >= 4 is 15.9 Å². The highest BCUT2D eigenvalue weighted by Crippen LogP contribution is 2.31. The quantitative estimate of drug-likeness (QED) is 0.892. The summed E-state index contributed by atoms with van der Waals surface area (Å²) >= 11 is 3.63. The molecule has 100 valence electrons. The van der Waals surface area contributed by atoms with Gasteiger partial charge in [-0.2, -0.15) is 0 Å². The molecule has 1 heterocycles. The Labute approximate surface area is 118 Å². The molecule has 1 aromatic rings. The second kappa shape index (κ2) is 6.69. The summed E-state index contributed by atoms with van der Waals surface area (Å²) in [5.41, 5.74) is 2.66. The standard InChI is InChI=1S/C15H22BrNO/c1-3-7-17-15(13-6-8-18-10-13)12-5-4-11(2)14(16)9-12/h4-5,9,13,15,17H,3,6-8,10H2,1-2H3. The van der Waals surface area contributed by atoms with E-state index >= 15 is 0 Å². The lowest BCUT2D eigenvalue weighted by Gasteiger charge is -2.24. The molecule has 2 atom stereocenters. The third kappa shape index (κ3) is 3.34. The molecule has 3 heteroatoms. The van der Waals surface area contributed by atoms with E-state index in [4.69, 9.17) is 4.74 Å². The summed E-state index contributed by atoms with van der Waals surface area (Å²) in [6, 6.07) is 7.10. The summed E-state index contributed by atoms with van der Waals surface area (Å²) in [6.07, 6.45) is 2.32. The van der Waals surface area contributed by atoms with Crippen LogP contribution < -0.4 is 5.32 Å². The maximum absolute atomic E-state index is 5.54. The molecule has 2 nitrogen and oxygen atoms in total. The highest BCUT2D eigenvalue weighted by molar-refractivity contribution is 9.10. The maximum atomic E-state index is 5.54. The van der Waals surface area contributed by atoms with Crippen LogP contribution in [0.25, 0.3) is 0 Å². The number of hydrogen-bond donors (Lipinski definition) is 1. The van der Waals surface area contributed by atoms with Crippen LogP contribution in [-0.4, -0.2) is 19.8 Å². The van der Waals surface area contributed by atoms with E-state index in [1.165, 1.54) is 15.6 Å². The van der Waals surface area contributed by atoms with E-state index in [9.17, 15) is 0 Å². The lowest BCUT2D eigenvalue weighted by atomic mass is 9.92. The van der Waals surface area contributed by atoms with Gasteiger partial charge in [-0.15, -0.1) is 0 Å². The minimum absolute atomic E-state index is 0.421. The Morgan fingerprint density at radius 3 is 2.94 bits per heavy atom. The van der Waals surface area contributed by atoms with Crippen LogP contribution in [-0.2, 0) is 4.74 Å². The first-order valence-electron chi connectivity index (χ1n) is 6.79. The summed E-state index contributed by atoms with van der Waals surface area (Å²) < 4.78 is 6.74. The van der Waals surface area contributed by atoms with Crippen LogP contribution in [0.2, 0.25) is 0 Å². The van der Waals surface area contributed by atoms with Crippen LogP contribution in [0.5, 0.6) is 0 Å². The number of hydrogen-bond acceptors (Lipinski definition) is 2. The molecule has 0 radical (unpaired) electrons. The maximum Gasteiger partial charge on any atom is 0.0513 e. The van der Waals surface area contributed by atoms with Crippen molar-refractivity contribution in [2.24, 2.45) is 5.92 Å². The van der Waals surface area contributed by atoms with Gasteiger partial charge in [0.15, 0.2) is 0 Å². The van der Waals surface area contributed by atoms with E-state index in [1.807, 2.05) is 0 Å². The van der Waals surface area contributed by atoms with Crippen molar-refractivity contribution in [1.29, 1.82) is 0 Å². The molecule has 0 aliphatic carbocycles. The zero-order chi connectivity index (χ0) is 13.0. The molecule has 0 aromatic heterocycles. The molecule has 1 fully saturated rings. The van der Waals surface area contributed by atoms with Gasteiger partial charge in [0.2, 0.25) is 0 Å². The van der Waals surface area contributed by atoms with Gasteiger partial charge in [-0.25, -0.2) is 0 Å². The van der Waals surface area contributed by atoms with Crippen LogP contribution in [0.3, 0.4) is 0 Å². The summed E-state index contributed by atoms with van der Waals surface area (Å²) in [5.74, 6) is 0.603. The van der Waals surface area contributed by atoms with E-state index in [2.05, 4.69) is 53.3 Å². The number of benzene rings is 1. The molecule has 1 aliphatic heterocycles. The summed E-state index contributed by atoms with van der Waals surface area (Å²) in [6.45, 7) is 7.18. The first-order valence-corrected chi connectivity index (χ1v) is 7.59. The SMILES string of the molecule is CCCNC(c1ccc(C)c(Br)c1)C1CCOC1. The fraction of sp³-hybridized carbons (Fsp3) is 0.600. The molecule has 0 bridgehead atoms. The van der Waals surface area contributed by atoms with Crippen LogP contribution in [0.4, 0.5) is 0 Å². The number of nitrogens with one attached hydrogen (secondary N) is 1. The average molecular weight is 312 g/mol. The minimum Gasteiger partial charge on any atom is -0.381 e. The Bertz CT molecular complexity index is 388. The fourth-order valence-electron chi connectivity index (χ4n) is 2.47. The van der Waals surface area contributed by atoms with E-state index in [-0.39, 0.29) is 0 Å². The Kier molecular flexibility index (Phi) is 5.22.